The molecule has 1 aromatic carbocycles. The standard InChI is InChI=1S/C21H18F3N5O/c1-4-5-10-16(25-3)20(30)27-18-12-26-19-13(2)11-17(28-29(18)19)14-8-6-7-9-15(14)21(22,23)24/h4-12H,3H2,1-2H3,(H,27,30)/b5-4-,16-10-. The number of nitrogens with zero attached hydrogens (tertiary/aromatic N) is 4. The van der Waals surface area contributed by atoms with Crippen LogP contribution < -0.4 is 5.32 Å². The third-order valence-corrected chi connectivity index (χ3v) is 4.25. The molecule has 2 heterocycles. The van der Waals surface area contributed by atoms with Gasteiger partial charge in [0.25, 0.3) is 5.91 Å². The van der Waals surface area contributed by atoms with Gasteiger partial charge in [0.15, 0.2) is 11.5 Å². The molecule has 0 bridgehead atoms. The number of halogens is 3. The SMILES string of the molecule is C=N/C(=C\C=C/C)C(=O)Nc1cnc2c(C)cc(-c3ccccc3C(F)(F)F)nn12. The molecule has 1 amide bonds. The lowest BCUT2D eigenvalue weighted by Gasteiger charge is -2.13. The van der Waals surface area contributed by atoms with Crippen LogP contribution in [0.1, 0.15) is 18.1 Å². The van der Waals surface area contributed by atoms with Gasteiger partial charge in [0.2, 0.25) is 0 Å². The fourth-order valence-corrected chi connectivity index (χ4v) is 2.86. The van der Waals surface area contributed by atoms with E-state index in [4.69, 9.17) is 0 Å². The number of hydrogen-bond acceptors (Lipinski definition) is 4. The summed E-state index contributed by atoms with van der Waals surface area (Å²) in [4.78, 5) is 20.3. The van der Waals surface area contributed by atoms with Gasteiger partial charge < -0.3 is 5.32 Å². The third-order valence-electron chi connectivity index (χ3n) is 4.25. The molecule has 6 nitrogen and oxygen atoms in total. The lowest BCUT2D eigenvalue weighted by atomic mass is 10.0. The van der Waals surface area contributed by atoms with Gasteiger partial charge in [-0.2, -0.15) is 22.8 Å². The van der Waals surface area contributed by atoms with Gasteiger partial charge in [0.1, 0.15) is 5.70 Å². The average Bonchev–Trinajstić information content (AvgIpc) is 3.11. The van der Waals surface area contributed by atoms with Crippen molar-refractivity contribution in [2.45, 2.75) is 20.0 Å². The van der Waals surface area contributed by atoms with Gasteiger partial charge >= 0.3 is 6.18 Å². The summed E-state index contributed by atoms with van der Waals surface area (Å²) in [6.07, 6.45) is 1.68. The Labute approximate surface area is 170 Å². The fraction of sp³-hybridized carbons (Fsp3) is 0.143. The summed E-state index contributed by atoms with van der Waals surface area (Å²) in [5.74, 6) is -0.357. The van der Waals surface area contributed by atoms with Crippen molar-refractivity contribution < 1.29 is 18.0 Å². The first-order valence-corrected chi connectivity index (χ1v) is 8.89. The number of carbonyl (C=O) groups excluding carboxylic acids is 1. The van der Waals surface area contributed by atoms with Crippen LogP contribution in [-0.4, -0.2) is 27.2 Å². The zero-order valence-electron chi connectivity index (χ0n) is 16.2. The number of aliphatic imine (C=N–C) groups is 1. The fourth-order valence-electron chi connectivity index (χ4n) is 2.86. The molecule has 3 rings (SSSR count). The number of fused-ring (bicyclic) bond motifs is 1. The molecular formula is C21H18F3N5O. The van der Waals surface area contributed by atoms with Crippen molar-refractivity contribution in [1.82, 2.24) is 14.6 Å². The Kier molecular flexibility index (Phi) is 5.81. The maximum atomic E-state index is 13.4. The Balaban J connectivity index is 2.09. The molecule has 0 unspecified atom stereocenters. The molecule has 0 fully saturated rings. The van der Waals surface area contributed by atoms with Crippen LogP contribution >= 0.6 is 0 Å². The summed E-state index contributed by atoms with van der Waals surface area (Å²) in [5, 5.41) is 6.92. The zero-order chi connectivity index (χ0) is 21.9. The zero-order valence-corrected chi connectivity index (χ0v) is 16.2. The van der Waals surface area contributed by atoms with Crippen molar-refractivity contribution in [3.63, 3.8) is 0 Å². The van der Waals surface area contributed by atoms with E-state index in [9.17, 15) is 18.0 Å². The molecule has 0 saturated carbocycles. The summed E-state index contributed by atoms with van der Waals surface area (Å²) in [6.45, 7) is 6.86. The number of amides is 1. The van der Waals surface area contributed by atoms with Crippen LogP contribution in [0.25, 0.3) is 16.9 Å². The first kappa shape index (κ1) is 21.0. The Hall–Kier alpha value is -3.75. The molecule has 0 aliphatic heterocycles. The van der Waals surface area contributed by atoms with Crippen molar-refractivity contribution in [3.8, 4) is 11.3 Å². The predicted octanol–water partition coefficient (Wildman–Crippen LogP) is 4.82. The van der Waals surface area contributed by atoms with Crippen LogP contribution in [0.4, 0.5) is 19.0 Å². The Morgan fingerprint density at radius 2 is 2.03 bits per heavy atom. The second-order valence-corrected chi connectivity index (χ2v) is 6.32. The summed E-state index contributed by atoms with van der Waals surface area (Å²) in [6, 6.07) is 6.71. The first-order chi connectivity index (χ1) is 14.3. The molecule has 0 saturated heterocycles. The minimum absolute atomic E-state index is 0.0672. The van der Waals surface area contributed by atoms with Gasteiger partial charge in [-0.3, -0.25) is 9.79 Å². The molecule has 0 aliphatic carbocycles. The number of allylic oxidation sites excluding steroid dienone is 3. The van der Waals surface area contributed by atoms with Crippen LogP contribution in [0.2, 0.25) is 0 Å². The molecule has 0 aliphatic rings. The van der Waals surface area contributed by atoms with Gasteiger partial charge in [-0.15, -0.1) is 0 Å². The Bertz CT molecular complexity index is 1180. The second-order valence-electron chi connectivity index (χ2n) is 6.32. The number of carbonyl (C=O) groups is 1. The van der Waals surface area contributed by atoms with Crippen molar-refractivity contribution in [3.05, 3.63) is 71.6 Å². The monoisotopic (exact) mass is 413 g/mol. The van der Waals surface area contributed by atoms with E-state index >= 15 is 0 Å². The van der Waals surface area contributed by atoms with E-state index in [1.54, 1.807) is 26.0 Å². The molecule has 1 N–H and O–H groups in total. The maximum Gasteiger partial charge on any atom is 0.417 e. The normalized spacial score (nSPS) is 12.5. The molecular weight excluding hydrogens is 395 g/mol. The van der Waals surface area contributed by atoms with Crippen molar-refractivity contribution in [1.29, 1.82) is 0 Å². The van der Waals surface area contributed by atoms with E-state index < -0.39 is 17.6 Å². The van der Waals surface area contributed by atoms with Crippen LogP contribution in [0.15, 0.2) is 65.4 Å². The number of nitrogens with one attached hydrogen (secondary N) is 1. The summed E-state index contributed by atoms with van der Waals surface area (Å²) in [7, 11) is 0. The number of hydrogen-bond donors (Lipinski definition) is 1. The van der Waals surface area contributed by atoms with Gasteiger partial charge in [-0.05, 0) is 44.3 Å². The number of alkyl halides is 3. The number of aromatic nitrogens is 3. The van der Waals surface area contributed by atoms with Crippen LogP contribution in [0, 0.1) is 6.92 Å². The van der Waals surface area contributed by atoms with E-state index in [1.165, 1.54) is 41.1 Å². The van der Waals surface area contributed by atoms with E-state index in [2.05, 4.69) is 27.1 Å². The summed E-state index contributed by atoms with van der Waals surface area (Å²) in [5.41, 5.74) is 0.316. The number of imidazole rings is 1. The number of aryl methyl sites for hydroxylation is 1. The Morgan fingerprint density at radius 1 is 1.30 bits per heavy atom. The lowest BCUT2D eigenvalue weighted by Crippen LogP contribution is -2.15. The van der Waals surface area contributed by atoms with E-state index in [1.807, 2.05) is 0 Å². The van der Waals surface area contributed by atoms with Gasteiger partial charge in [-0.25, -0.2) is 4.98 Å². The molecule has 3 aromatic rings. The molecule has 0 radical (unpaired) electrons. The minimum Gasteiger partial charge on any atom is -0.304 e. The van der Waals surface area contributed by atoms with E-state index in [-0.39, 0.29) is 22.8 Å². The maximum absolute atomic E-state index is 13.4. The van der Waals surface area contributed by atoms with Crippen molar-refractivity contribution >= 4 is 24.1 Å². The van der Waals surface area contributed by atoms with Crippen LogP contribution in [-0.2, 0) is 11.0 Å². The highest BCUT2D eigenvalue weighted by Gasteiger charge is 2.34. The van der Waals surface area contributed by atoms with Gasteiger partial charge in [0.05, 0.1) is 17.5 Å². The highest BCUT2D eigenvalue weighted by atomic mass is 19.4. The molecule has 2 aromatic heterocycles. The first-order valence-electron chi connectivity index (χ1n) is 8.89. The molecule has 30 heavy (non-hydrogen) atoms. The van der Waals surface area contributed by atoms with E-state index in [0.717, 1.165) is 6.07 Å². The number of anilines is 1. The number of rotatable bonds is 5. The predicted molar refractivity (Wildman–Crippen MR) is 109 cm³/mol. The lowest BCUT2D eigenvalue weighted by molar-refractivity contribution is -0.137. The summed E-state index contributed by atoms with van der Waals surface area (Å²) >= 11 is 0. The second kappa shape index (κ2) is 8.32. The highest BCUT2D eigenvalue weighted by Crippen LogP contribution is 2.36. The smallest absolute Gasteiger partial charge is 0.304 e. The van der Waals surface area contributed by atoms with Crippen LogP contribution in [0.3, 0.4) is 0 Å². The molecule has 0 atom stereocenters. The number of benzene rings is 1. The molecule has 9 heteroatoms. The van der Waals surface area contributed by atoms with Crippen molar-refractivity contribution in [2.75, 3.05) is 5.32 Å². The molecule has 0 spiro atoms. The molecule has 154 valence electrons. The summed E-state index contributed by atoms with van der Waals surface area (Å²) < 4.78 is 41.6. The van der Waals surface area contributed by atoms with E-state index in [0.29, 0.717) is 11.2 Å². The topological polar surface area (TPSA) is 71.7 Å². The average molecular weight is 413 g/mol. The van der Waals surface area contributed by atoms with Crippen molar-refractivity contribution in [2.24, 2.45) is 4.99 Å². The third kappa shape index (κ3) is 4.14. The van der Waals surface area contributed by atoms with Crippen LogP contribution in [0.5, 0.6) is 0 Å². The largest absolute Gasteiger partial charge is 0.417 e. The van der Waals surface area contributed by atoms with Gasteiger partial charge in [-0.1, -0.05) is 30.4 Å². The van der Waals surface area contributed by atoms with Gasteiger partial charge in [0, 0.05) is 5.56 Å². The Morgan fingerprint density at radius 3 is 2.70 bits per heavy atom. The minimum atomic E-state index is -4.53. The highest BCUT2D eigenvalue weighted by molar-refractivity contribution is 6.03. The quantitative estimate of drug-likeness (QED) is 0.370.